The maximum Gasteiger partial charge on any atom is 0.0429 e. The molecule has 0 amide bonds. The topological polar surface area (TPSA) is 38.0 Å². The third-order valence-electron chi connectivity index (χ3n) is 3.28. The summed E-state index contributed by atoms with van der Waals surface area (Å²) in [4.78, 5) is 0. The van der Waals surface area contributed by atoms with Crippen molar-refractivity contribution in [2.24, 2.45) is 5.73 Å². The van der Waals surface area contributed by atoms with E-state index in [2.05, 4.69) is 52.1 Å². The van der Waals surface area contributed by atoms with Gasteiger partial charge in [0.25, 0.3) is 0 Å². The average Bonchev–Trinajstić information content (AvgIpc) is 2.20. The summed E-state index contributed by atoms with van der Waals surface area (Å²) >= 11 is 0. The van der Waals surface area contributed by atoms with Gasteiger partial charge in [0.05, 0.1) is 0 Å². The minimum atomic E-state index is 0.127. The SMILES string of the molecule is Cc1cc(C)c(C(C)(C)CNCN)cc1C. The molecular weight excluding hydrogens is 196 g/mol. The molecule has 1 aromatic carbocycles. The summed E-state index contributed by atoms with van der Waals surface area (Å²) in [6.07, 6.45) is 0. The molecule has 1 aromatic rings. The van der Waals surface area contributed by atoms with Crippen molar-refractivity contribution < 1.29 is 0 Å². The summed E-state index contributed by atoms with van der Waals surface area (Å²) in [5.74, 6) is 0. The number of benzene rings is 1. The number of aryl methyl sites for hydroxylation is 3. The second kappa shape index (κ2) is 4.98. The Morgan fingerprint density at radius 3 is 2.19 bits per heavy atom. The van der Waals surface area contributed by atoms with E-state index in [1.165, 1.54) is 22.3 Å². The van der Waals surface area contributed by atoms with Crippen LogP contribution in [0.1, 0.15) is 36.1 Å². The molecule has 0 aliphatic heterocycles. The molecule has 0 fully saturated rings. The van der Waals surface area contributed by atoms with E-state index in [0.29, 0.717) is 6.67 Å². The van der Waals surface area contributed by atoms with E-state index in [1.54, 1.807) is 0 Å². The molecule has 0 aromatic heterocycles. The van der Waals surface area contributed by atoms with Gasteiger partial charge in [0.2, 0.25) is 0 Å². The van der Waals surface area contributed by atoms with Crippen LogP contribution in [0, 0.1) is 20.8 Å². The van der Waals surface area contributed by atoms with E-state index in [1.807, 2.05) is 0 Å². The number of hydrogen-bond donors (Lipinski definition) is 2. The zero-order chi connectivity index (χ0) is 12.3. The predicted octanol–water partition coefficient (Wildman–Crippen LogP) is 2.40. The van der Waals surface area contributed by atoms with Gasteiger partial charge in [-0.2, -0.15) is 0 Å². The fourth-order valence-electron chi connectivity index (χ4n) is 2.17. The fraction of sp³-hybridized carbons (Fsp3) is 0.571. The standard InChI is InChI=1S/C14H24N2/c1-10-6-12(3)13(7-11(10)2)14(4,5)8-16-9-15/h6-7,16H,8-9,15H2,1-5H3. The molecule has 2 heteroatoms. The molecule has 0 atom stereocenters. The van der Waals surface area contributed by atoms with Crippen molar-refractivity contribution in [3.8, 4) is 0 Å². The monoisotopic (exact) mass is 220 g/mol. The molecule has 90 valence electrons. The van der Waals surface area contributed by atoms with E-state index < -0.39 is 0 Å². The van der Waals surface area contributed by atoms with E-state index in [-0.39, 0.29) is 5.41 Å². The Kier molecular flexibility index (Phi) is 4.11. The molecule has 0 saturated carbocycles. The summed E-state index contributed by atoms with van der Waals surface area (Å²) in [5.41, 5.74) is 11.1. The third-order valence-corrected chi connectivity index (χ3v) is 3.28. The Morgan fingerprint density at radius 1 is 1.06 bits per heavy atom. The summed E-state index contributed by atoms with van der Waals surface area (Å²) in [6, 6.07) is 4.58. The zero-order valence-corrected chi connectivity index (χ0v) is 11.1. The summed E-state index contributed by atoms with van der Waals surface area (Å²) in [7, 11) is 0. The minimum absolute atomic E-state index is 0.127. The van der Waals surface area contributed by atoms with Crippen molar-refractivity contribution in [2.45, 2.75) is 40.0 Å². The Balaban J connectivity index is 3.07. The van der Waals surface area contributed by atoms with Gasteiger partial charge in [0.15, 0.2) is 0 Å². The van der Waals surface area contributed by atoms with E-state index in [4.69, 9.17) is 5.73 Å². The molecule has 0 heterocycles. The van der Waals surface area contributed by atoms with Gasteiger partial charge in [-0.05, 0) is 43.0 Å². The molecule has 0 spiro atoms. The second-order valence-corrected chi connectivity index (χ2v) is 5.27. The lowest BCUT2D eigenvalue weighted by molar-refractivity contribution is 0.472. The van der Waals surface area contributed by atoms with Crippen molar-refractivity contribution >= 4 is 0 Å². The second-order valence-electron chi connectivity index (χ2n) is 5.27. The smallest absolute Gasteiger partial charge is 0.0429 e. The Morgan fingerprint density at radius 2 is 1.62 bits per heavy atom. The molecule has 0 unspecified atom stereocenters. The number of nitrogens with one attached hydrogen (secondary N) is 1. The normalized spacial score (nSPS) is 11.9. The number of rotatable bonds is 4. The molecule has 2 nitrogen and oxygen atoms in total. The van der Waals surface area contributed by atoms with Gasteiger partial charge in [-0.25, -0.2) is 0 Å². The quantitative estimate of drug-likeness (QED) is 0.765. The number of hydrogen-bond acceptors (Lipinski definition) is 2. The van der Waals surface area contributed by atoms with E-state index in [0.717, 1.165) is 6.54 Å². The van der Waals surface area contributed by atoms with Crippen LogP contribution in [-0.4, -0.2) is 13.2 Å². The minimum Gasteiger partial charge on any atom is -0.318 e. The zero-order valence-electron chi connectivity index (χ0n) is 11.1. The highest BCUT2D eigenvalue weighted by Gasteiger charge is 2.22. The molecule has 1 rings (SSSR count). The van der Waals surface area contributed by atoms with Crippen LogP contribution in [0.5, 0.6) is 0 Å². The van der Waals surface area contributed by atoms with Crippen molar-refractivity contribution in [3.05, 3.63) is 34.4 Å². The first-order valence-corrected chi connectivity index (χ1v) is 5.87. The van der Waals surface area contributed by atoms with Crippen LogP contribution < -0.4 is 11.1 Å². The summed E-state index contributed by atoms with van der Waals surface area (Å²) < 4.78 is 0. The predicted molar refractivity (Wildman–Crippen MR) is 70.7 cm³/mol. The lowest BCUT2D eigenvalue weighted by Gasteiger charge is -2.28. The average molecular weight is 220 g/mol. The van der Waals surface area contributed by atoms with Crippen molar-refractivity contribution in [2.75, 3.05) is 13.2 Å². The van der Waals surface area contributed by atoms with Gasteiger partial charge in [-0.1, -0.05) is 26.0 Å². The first kappa shape index (κ1) is 13.2. The molecule has 0 aliphatic rings. The fourth-order valence-corrected chi connectivity index (χ4v) is 2.17. The van der Waals surface area contributed by atoms with Crippen molar-refractivity contribution in [1.29, 1.82) is 0 Å². The van der Waals surface area contributed by atoms with Gasteiger partial charge < -0.3 is 11.1 Å². The van der Waals surface area contributed by atoms with Crippen LogP contribution in [0.2, 0.25) is 0 Å². The Hall–Kier alpha value is -0.860. The van der Waals surface area contributed by atoms with Crippen LogP contribution in [0.3, 0.4) is 0 Å². The highest BCUT2D eigenvalue weighted by atomic mass is 15.0. The van der Waals surface area contributed by atoms with Crippen LogP contribution >= 0.6 is 0 Å². The maximum atomic E-state index is 5.49. The van der Waals surface area contributed by atoms with Gasteiger partial charge in [-0.3, -0.25) is 0 Å². The van der Waals surface area contributed by atoms with Crippen LogP contribution in [0.4, 0.5) is 0 Å². The van der Waals surface area contributed by atoms with Crippen LogP contribution in [0.15, 0.2) is 12.1 Å². The third kappa shape index (κ3) is 2.83. The van der Waals surface area contributed by atoms with Gasteiger partial charge >= 0.3 is 0 Å². The van der Waals surface area contributed by atoms with Crippen molar-refractivity contribution in [1.82, 2.24) is 5.32 Å². The molecule has 0 bridgehead atoms. The molecule has 0 saturated heterocycles. The van der Waals surface area contributed by atoms with Crippen LogP contribution in [-0.2, 0) is 5.41 Å². The Bertz CT molecular complexity index is 367. The molecular formula is C14H24N2. The van der Waals surface area contributed by atoms with Crippen molar-refractivity contribution in [3.63, 3.8) is 0 Å². The van der Waals surface area contributed by atoms with Crippen LogP contribution in [0.25, 0.3) is 0 Å². The molecule has 0 aliphatic carbocycles. The first-order valence-electron chi connectivity index (χ1n) is 5.87. The maximum absolute atomic E-state index is 5.49. The highest BCUT2D eigenvalue weighted by molar-refractivity contribution is 5.40. The molecule has 16 heavy (non-hydrogen) atoms. The van der Waals surface area contributed by atoms with Gasteiger partial charge in [0.1, 0.15) is 0 Å². The van der Waals surface area contributed by atoms with E-state index in [9.17, 15) is 0 Å². The first-order chi connectivity index (χ1) is 7.38. The van der Waals surface area contributed by atoms with Gasteiger partial charge in [-0.15, -0.1) is 0 Å². The highest BCUT2D eigenvalue weighted by Crippen LogP contribution is 2.27. The number of nitrogens with two attached hydrogens (primary N) is 1. The largest absolute Gasteiger partial charge is 0.318 e. The van der Waals surface area contributed by atoms with E-state index >= 15 is 0 Å². The molecule has 3 N–H and O–H groups in total. The molecule has 0 radical (unpaired) electrons. The lowest BCUT2D eigenvalue weighted by Crippen LogP contribution is -2.36. The lowest BCUT2D eigenvalue weighted by atomic mass is 9.80. The summed E-state index contributed by atoms with van der Waals surface area (Å²) in [6.45, 7) is 12.5. The summed E-state index contributed by atoms with van der Waals surface area (Å²) in [5, 5.41) is 3.23. The van der Waals surface area contributed by atoms with Gasteiger partial charge in [0, 0.05) is 18.6 Å². The Labute approximate surface area is 99.2 Å².